The van der Waals surface area contributed by atoms with Gasteiger partial charge in [-0.3, -0.25) is 29.0 Å². The van der Waals surface area contributed by atoms with Crippen LogP contribution < -0.4 is 24.0 Å². The maximum atomic E-state index is 13.4. The molecule has 0 saturated carbocycles. The molecule has 0 bridgehead atoms. The van der Waals surface area contributed by atoms with Crippen molar-refractivity contribution in [2.45, 2.75) is 197 Å². The summed E-state index contributed by atoms with van der Waals surface area (Å²) in [7, 11) is 0. The highest BCUT2D eigenvalue weighted by Gasteiger charge is 2.36. The van der Waals surface area contributed by atoms with Crippen molar-refractivity contribution in [3.8, 4) is 23.0 Å². The van der Waals surface area contributed by atoms with Gasteiger partial charge in [0, 0.05) is 43.4 Å². The van der Waals surface area contributed by atoms with Crippen LogP contribution in [0.5, 0.6) is 23.0 Å². The minimum Gasteiger partial charge on any atom is -0.508 e. The van der Waals surface area contributed by atoms with Crippen LogP contribution in [0.4, 0.5) is 47.3 Å². The van der Waals surface area contributed by atoms with Crippen molar-refractivity contribution in [1.82, 2.24) is 9.80 Å². The Morgan fingerprint density at radius 2 is 0.914 bits per heavy atom. The van der Waals surface area contributed by atoms with Gasteiger partial charge in [0.05, 0.1) is 12.8 Å². The molecule has 0 unspecified atom stereocenters. The molecule has 93 heavy (non-hydrogen) atoms. The second kappa shape index (κ2) is 33.0. The molecule has 2 heterocycles. The summed E-state index contributed by atoms with van der Waals surface area (Å²) in [5, 5.41) is 9.63. The summed E-state index contributed by atoms with van der Waals surface area (Å²) in [6.07, 6.45) is -8.87. The normalized spacial score (nSPS) is 13.2. The number of phenolic OH excluding ortho intramolecular Hbond substituents is 1. The molecule has 4 aromatic carbocycles. The number of anilines is 2. The zero-order chi connectivity index (χ0) is 70.2. The van der Waals surface area contributed by atoms with Crippen molar-refractivity contribution < 1.29 is 93.4 Å². The maximum Gasteiger partial charge on any atom is 0.573 e. The molecule has 0 spiro atoms. The molecule has 0 atom stereocenters. The molecule has 0 fully saturated rings. The Morgan fingerprint density at radius 1 is 0.527 bits per heavy atom. The van der Waals surface area contributed by atoms with E-state index in [2.05, 4.69) is 9.47 Å². The highest BCUT2D eigenvalue weighted by molar-refractivity contribution is 6.17. The number of hydrogen-bond donors (Lipinski definition) is 1. The maximum absolute atomic E-state index is 13.4. The largest absolute Gasteiger partial charge is 0.573 e. The molecule has 4 amide bonds. The average Bonchev–Trinajstić information content (AvgIpc) is 1.68. The third-order valence-electron chi connectivity index (χ3n) is 13.0. The van der Waals surface area contributed by atoms with E-state index in [1.165, 1.54) is 28.0 Å². The van der Waals surface area contributed by atoms with Gasteiger partial charge in [-0.2, -0.15) is 0 Å². The number of rotatable bonds is 20. The van der Waals surface area contributed by atoms with Gasteiger partial charge >= 0.3 is 36.8 Å². The van der Waals surface area contributed by atoms with Gasteiger partial charge in [0.15, 0.2) is 0 Å². The Labute approximate surface area is 547 Å². The summed E-state index contributed by atoms with van der Waals surface area (Å²) in [4.78, 5) is 81.9. The SMILES string of the molecule is CC(C)(C)OC(=O)CCN(CC(=O)N1CCc2cc(O)ccc21)C(=O)OC(C)(C)C.CC(C)Cc1ccc(CCl)cc1OC(F)(F)F.CC(C)Cc1ccc(COc2ccc3c(c2)CCN3C(=O)CN(CCC(=O)OC(C)(C)C)C(=O)OC(C)(C)C)cc1OC(F)(F)F. The van der Waals surface area contributed by atoms with Crippen LogP contribution in [-0.2, 0) is 76.3 Å². The monoisotopic (exact) mass is 1340 g/mol. The molecule has 4 aromatic rings. The lowest BCUT2D eigenvalue weighted by Gasteiger charge is -2.29. The Hall–Kier alpha value is -7.63. The molecule has 516 valence electrons. The highest BCUT2D eigenvalue weighted by Crippen LogP contribution is 2.35. The van der Waals surface area contributed by atoms with Gasteiger partial charge in [-0.1, -0.05) is 52.0 Å². The van der Waals surface area contributed by atoms with Crippen LogP contribution in [0, 0.1) is 11.8 Å². The Kier molecular flexibility index (Phi) is 27.6. The van der Waals surface area contributed by atoms with Crippen LogP contribution >= 0.6 is 11.6 Å². The first kappa shape index (κ1) is 77.8. The van der Waals surface area contributed by atoms with Crippen molar-refractivity contribution in [1.29, 1.82) is 0 Å². The number of phenols is 1. The molecule has 25 heteroatoms. The van der Waals surface area contributed by atoms with E-state index in [1.807, 2.05) is 27.7 Å². The van der Waals surface area contributed by atoms with Gasteiger partial charge in [-0.25, -0.2) is 9.59 Å². The van der Waals surface area contributed by atoms with Crippen molar-refractivity contribution in [2.24, 2.45) is 11.8 Å². The second-order valence-corrected chi connectivity index (χ2v) is 27.5. The molecule has 6 rings (SSSR count). The predicted molar refractivity (Wildman–Crippen MR) is 340 cm³/mol. The summed E-state index contributed by atoms with van der Waals surface area (Å²) in [5.41, 5.74) is 2.38. The zero-order valence-corrected chi connectivity index (χ0v) is 56.9. The number of amides is 4. The molecule has 2 aliphatic heterocycles. The van der Waals surface area contributed by atoms with Gasteiger partial charge in [0.1, 0.15) is 65.1 Å². The van der Waals surface area contributed by atoms with Crippen molar-refractivity contribution in [3.63, 3.8) is 0 Å². The van der Waals surface area contributed by atoms with Crippen LogP contribution in [-0.4, -0.2) is 125 Å². The Balaban J connectivity index is 0.000000334. The van der Waals surface area contributed by atoms with Crippen LogP contribution in [0.1, 0.15) is 157 Å². The Bertz CT molecular complexity index is 3200. The smallest absolute Gasteiger partial charge is 0.508 e. The van der Waals surface area contributed by atoms with Gasteiger partial charge in [-0.15, -0.1) is 37.9 Å². The van der Waals surface area contributed by atoms with E-state index in [9.17, 15) is 60.2 Å². The summed E-state index contributed by atoms with van der Waals surface area (Å²) >= 11 is 5.59. The molecule has 1 N–H and O–H groups in total. The van der Waals surface area contributed by atoms with E-state index in [4.69, 9.17) is 35.3 Å². The first-order valence-electron chi connectivity index (χ1n) is 30.6. The summed E-state index contributed by atoms with van der Waals surface area (Å²) < 4.78 is 112. The standard InChI is InChI=1S/C34H45F3N2O7.C22H32N2O6.C12H14ClF3O/c1-22(2)17-25-10-9-23(18-28(25)44-34(35,36)37)21-43-26-11-12-27-24(19-26)13-16-39(27)29(40)20-38(31(42)46-33(6,7)8)15-14-30(41)45-32(3,4)5;1-21(2,3)29-19(27)10-11-23(20(28)30-22(4,5)6)14-18(26)24-12-9-15-13-16(25)7-8-17(15)24;1-8(2)5-10-4-3-9(7-13)6-11(10)17-12(14,15)16/h9-12,18-19,22H,13-17,20-21H2,1-8H3;7-8,13,25H,9-12,14H2,1-6H3;3-4,6,8H,5,7H2,1-2H3. The van der Waals surface area contributed by atoms with Gasteiger partial charge < -0.3 is 48.1 Å². The number of benzene rings is 4. The van der Waals surface area contributed by atoms with E-state index < -0.39 is 59.3 Å². The van der Waals surface area contributed by atoms with Crippen LogP contribution in [0.2, 0.25) is 0 Å². The van der Waals surface area contributed by atoms with Gasteiger partial charge in [0.25, 0.3) is 0 Å². The number of aromatic hydroxyl groups is 1. The van der Waals surface area contributed by atoms with Crippen molar-refractivity contribution >= 4 is 58.9 Å². The van der Waals surface area contributed by atoms with Crippen molar-refractivity contribution in [3.05, 3.63) is 106 Å². The third-order valence-corrected chi connectivity index (χ3v) is 13.3. The third kappa shape index (κ3) is 28.6. The molecule has 2 aliphatic rings. The first-order valence-corrected chi connectivity index (χ1v) is 31.2. The highest BCUT2D eigenvalue weighted by atomic mass is 35.5. The number of alkyl halides is 7. The average molecular weight is 1340 g/mol. The number of halogens is 7. The number of fused-ring (bicyclic) bond motifs is 2. The number of ether oxygens (including phenoxy) is 7. The topological polar surface area (TPSA) is 200 Å². The van der Waals surface area contributed by atoms with E-state index in [0.29, 0.717) is 78.2 Å². The minimum absolute atomic E-state index is 0.00580. The lowest BCUT2D eigenvalue weighted by atomic mass is 10.0. The molecule has 0 aliphatic carbocycles. The quantitative estimate of drug-likeness (QED) is 0.0379. The fourth-order valence-corrected chi connectivity index (χ4v) is 9.59. The molecular formula is C68H91ClF6N4O14. The second-order valence-electron chi connectivity index (χ2n) is 27.3. The van der Waals surface area contributed by atoms with Crippen LogP contribution in [0.15, 0.2) is 72.8 Å². The van der Waals surface area contributed by atoms with Gasteiger partial charge in [0.2, 0.25) is 11.8 Å². The fourth-order valence-electron chi connectivity index (χ4n) is 9.43. The summed E-state index contributed by atoms with van der Waals surface area (Å²) in [6, 6.07) is 19.4. The fraction of sp³-hybridized carbons (Fsp3) is 0.559. The first-order chi connectivity index (χ1) is 42.8. The number of esters is 2. The van der Waals surface area contributed by atoms with E-state index in [1.54, 1.807) is 147 Å². The lowest BCUT2D eigenvalue weighted by molar-refractivity contribution is -0.276. The number of carbonyl (C=O) groups excluding carboxylic acids is 6. The lowest BCUT2D eigenvalue weighted by Crippen LogP contribution is -2.45. The minimum atomic E-state index is -4.81. The summed E-state index contributed by atoms with van der Waals surface area (Å²) in [5.74, 6) is -0.761. The number of hydrogen-bond acceptors (Lipinski definition) is 14. The predicted octanol–water partition coefficient (Wildman–Crippen LogP) is 15.0. The molecule has 18 nitrogen and oxygen atoms in total. The number of nitrogens with zero attached hydrogens (tertiary/aromatic N) is 4. The van der Waals surface area contributed by atoms with E-state index >= 15 is 0 Å². The zero-order valence-electron chi connectivity index (χ0n) is 56.2. The van der Waals surface area contributed by atoms with Crippen LogP contribution in [0.25, 0.3) is 0 Å². The van der Waals surface area contributed by atoms with E-state index in [0.717, 1.165) is 11.1 Å². The Morgan fingerprint density at radius 3 is 1.30 bits per heavy atom. The molecule has 0 radical (unpaired) electrons. The molecular weight excluding hydrogens is 1250 g/mol. The number of carbonyl (C=O) groups is 6. The van der Waals surface area contributed by atoms with E-state index in [-0.39, 0.29) is 92.4 Å². The molecule has 0 saturated heterocycles. The van der Waals surface area contributed by atoms with Gasteiger partial charge in [-0.05, 0) is 203 Å². The van der Waals surface area contributed by atoms with Crippen molar-refractivity contribution in [2.75, 3.05) is 49.1 Å². The van der Waals surface area contributed by atoms with Crippen LogP contribution in [0.3, 0.4) is 0 Å². The summed E-state index contributed by atoms with van der Waals surface area (Å²) in [6.45, 7) is 28.9. The molecule has 0 aromatic heterocycles.